The van der Waals surface area contributed by atoms with Gasteiger partial charge in [0.2, 0.25) is 5.91 Å². The lowest BCUT2D eigenvalue weighted by atomic mass is 9.93. The van der Waals surface area contributed by atoms with Gasteiger partial charge >= 0.3 is 0 Å². The third-order valence-electron chi connectivity index (χ3n) is 5.11. The molecule has 0 spiro atoms. The van der Waals surface area contributed by atoms with Crippen molar-refractivity contribution >= 4 is 5.91 Å². The van der Waals surface area contributed by atoms with E-state index in [2.05, 4.69) is 5.16 Å². The lowest BCUT2D eigenvalue weighted by molar-refractivity contribution is -0.134. The van der Waals surface area contributed by atoms with Gasteiger partial charge in [-0.2, -0.15) is 0 Å². The van der Waals surface area contributed by atoms with Gasteiger partial charge in [-0.05, 0) is 44.4 Å². The molecule has 1 aliphatic rings. The average molecular weight is 344 g/mol. The summed E-state index contributed by atoms with van der Waals surface area (Å²) in [6.45, 7) is 4.23. The summed E-state index contributed by atoms with van der Waals surface area (Å²) in [5.41, 5.74) is 2.61. The van der Waals surface area contributed by atoms with Crippen LogP contribution in [-0.2, 0) is 17.8 Å². The predicted octanol–water partition coefficient (Wildman–Crippen LogP) is 4.33. The molecule has 4 nitrogen and oxygen atoms in total. The number of aryl methyl sites for hydroxylation is 2. The number of halogens is 1. The van der Waals surface area contributed by atoms with E-state index in [4.69, 9.17) is 4.52 Å². The standard InChI is InChI=1S/C20H25FN2O2/c1-14-19(15(2)25-22-14)12-20(24)23(18-6-4-3-5-7-18)13-16-8-10-17(21)11-9-16/h8-11,18H,3-7,12-13H2,1-2H3. The molecular formula is C20H25FN2O2. The first-order valence-corrected chi connectivity index (χ1v) is 9.00. The molecule has 0 atom stereocenters. The van der Waals surface area contributed by atoms with Crippen molar-refractivity contribution in [3.05, 3.63) is 52.7 Å². The van der Waals surface area contributed by atoms with Gasteiger partial charge in [-0.15, -0.1) is 0 Å². The van der Waals surface area contributed by atoms with E-state index in [-0.39, 0.29) is 17.8 Å². The molecule has 0 N–H and O–H groups in total. The van der Waals surface area contributed by atoms with Crippen molar-refractivity contribution in [3.63, 3.8) is 0 Å². The second kappa shape index (κ2) is 7.81. The molecule has 1 aliphatic carbocycles. The summed E-state index contributed by atoms with van der Waals surface area (Å²) < 4.78 is 18.4. The highest BCUT2D eigenvalue weighted by molar-refractivity contribution is 5.79. The van der Waals surface area contributed by atoms with Gasteiger partial charge in [0.05, 0.1) is 12.1 Å². The number of hydrogen-bond donors (Lipinski definition) is 0. The molecule has 0 bridgehead atoms. The molecule has 0 radical (unpaired) electrons. The molecule has 1 fully saturated rings. The molecule has 5 heteroatoms. The Hall–Kier alpha value is -2.17. The second-order valence-electron chi connectivity index (χ2n) is 6.92. The molecule has 3 rings (SSSR count). The zero-order chi connectivity index (χ0) is 17.8. The number of hydrogen-bond acceptors (Lipinski definition) is 3. The third kappa shape index (κ3) is 4.27. The Labute approximate surface area is 148 Å². The summed E-state index contributed by atoms with van der Waals surface area (Å²) in [4.78, 5) is 15.0. The molecular weight excluding hydrogens is 319 g/mol. The number of benzene rings is 1. The van der Waals surface area contributed by atoms with E-state index in [0.29, 0.717) is 18.7 Å². The SMILES string of the molecule is Cc1noc(C)c1CC(=O)N(Cc1ccc(F)cc1)C1CCCCC1. The number of carbonyl (C=O) groups is 1. The fourth-order valence-electron chi connectivity index (χ4n) is 3.61. The van der Waals surface area contributed by atoms with E-state index < -0.39 is 0 Å². The number of carbonyl (C=O) groups excluding carboxylic acids is 1. The van der Waals surface area contributed by atoms with Crippen LogP contribution in [0.4, 0.5) is 4.39 Å². The predicted molar refractivity (Wildman–Crippen MR) is 93.5 cm³/mol. The number of amides is 1. The molecule has 1 amide bonds. The van der Waals surface area contributed by atoms with Gasteiger partial charge in [-0.1, -0.05) is 36.6 Å². The Bertz CT molecular complexity index is 698. The van der Waals surface area contributed by atoms with Crippen LogP contribution in [0.1, 0.15) is 54.7 Å². The summed E-state index contributed by atoms with van der Waals surface area (Å²) in [6.07, 6.45) is 5.92. The Morgan fingerprint density at radius 3 is 2.48 bits per heavy atom. The highest BCUT2D eigenvalue weighted by Gasteiger charge is 2.27. The minimum atomic E-state index is -0.255. The van der Waals surface area contributed by atoms with Crippen molar-refractivity contribution < 1.29 is 13.7 Å². The van der Waals surface area contributed by atoms with Crippen molar-refractivity contribution in [1.29, 1.82) is 0 Å². The van der Waals surface area contributed by atoms with Crippen LogP contribution in [-0.4, -0.2) is 22.0 Å². The van der Waals surface area contributed by atoms with Crippen LogP contribution in [0.15, 0.2) is 28.8 Å². The third-order valence-corrected chi connectivity index (χ3v) is 5.11. The molecule has 2 aromatic rings. The normalized spacial score (nSPS) is 15.3. The second-order valence-corrected chi connectivity index (χ2v) is 6.92. The Kier molecular flexibility index (Phi) is 5.51. The summed E-state index contributed by atoms with van der Waals surface area (Å²) >= 11 is 0. The smallest absolute Gasteiger partial charge is 0.227 e. The molecule has 1 heterocycles. The van der Waals surface area contributed by atoms with Crippen molar-refractivity contribution in [3.8, 4) is 0 Å². The van der Waals surface area contributed by atoms with Crippen LogP contribution in [0.3, 0.4) is 0 Å². The van der Waals surface area contributed by atoms with Crippen LogP contribution in [0.25, 0.3) is 0 Å². The van der Waals surface area contributed by atoms with Gasteiger partial charge in [0.1, 0.15) is 11.6 Å². The molecule has 25 heavy (non-hydrogen) atoms. The van der Waals surface area contributed by atoms with Crippen LogP contribution >= 0.6 is 0 Å². The topological polar surface area (TPSA) is 46.3 Å². The maximum Gasteiger partial charge on any atom is 0.227 e. The summed E-state index contributed by atoms with van der Waals surface area (Å²) in [6, 6.07) is 6.68. The fraction of sp³-hybridized carbons (Fsp3) is 0.500. The molecule has 0 unspecified atom stereocenters. The Morgan fingerprint density at radius 2 is 1.88 bits per heavy atom. The van der Waals surface area contributed by atoms with Gasteiger partial charge < -0.3 is 9.42 Å². The van der Waals surface area contributed by atoms with E-state index >= 15 is 0 Å². The summed E-state index contributed by atoms with van der Waals surface area (Å²) in [5.74, 6) is 0.539. The van der Waals surface area contributed by atoms with Crippen molar-refractivity contribution in [2.24, 2.45) is 0 Å². The van der Waals surface area contributed by atoms with E-state index in [0.717, 1.165) is 42.5 Å². The number of nitrogens with zero attached hydrogens (tertiary/aromatic N) is 2. The van der Waals surface area contributed by atoms with Crippen LogP contribution < -0.4 is 0 Å². The maximum atomic E-state index is 13.2. The molecule has 0 aliphatic heterocycles. The Morgan fingerprint density at radius 1 is 1.20 bits per heavy atom. The highest BCUT2D eigenvalue weighted by atomic mass is 19.1. The molecule has 1 aromatic carbocycles. The zero-order valence-electron chi connectivity index (χ0n) is 14.9. The Balaban J connectivity index is 1.79. The van der Waals surface area contributed by atoms with Gasteiger partial charge in [0.15, 0.2) is 0 Å². The summed E-state index contributed by atoms with van der Waals surface area (Å²) in [5, 5.41) is 3.95. The van der Waals surface area contributed by atoms with Gasteiger partial charge in [0, 0.05) is 18.2 Å². The first-order chi connectivity index (χ1) is 12.0. The number of aromatic nitrogens is 1. The maximum absolute atomic E-state index is 13.2. The first kappa shape index (κ1) is 17.6. The lowest BCUT2D eigenvalue weighted by Crippen LogP contribution is -2.41. The summed E-state index contributed by atoms with van der Waals surface area (Å²) in [7, 11) is 0. The first-order valence-electron chi connectivity index (χ1n) is 9.00. The van der Waals surface area contributed by atoms with Gasteiger partial charge in [0.25, 0.3) is 0 Å². The zero-order valence-corrected chi connectivity index (χ0v) is 14.9. The molecule has 134 valence electrons. The highest BCUT2D eigenvalue weighted by Crippen LogP contribution is 2.26. The van der Waals surface area contributed by atoms with Crippen molar-refractivity contribution in [2.75, 3.05) is 0 Å². The van der Waals surface area contributed by atoms with Crippen LogP contribution in [0.2, 0.25) is 0 Å². The van der Waals surface area contributed by atoms with Gasteiger partial charge in [-0.3, -0.25) is 4.79 Å². The lowest BCUT2D eigenvalue weighted by Gasteiger charge is -2.34. The monoisotopic (exact) mass is 344 g/mol. The minimum Gasteiger partial charge on any atom is -0.361 e. The number of rotatable bonds is 5. The van der Waals surface area contributed by atoms with E-state index in [1.54, 1.807) is 12.1 Å². The van der Waals surface area contributed by atoms with Crippen molar-refractivity contribution in [1.82, 2.24) is 10.1 Å². The fourth-order valence-corrected chi connectivity index (χ4v) is 3.61. The average Bonchev–Trinajstić information content (AvgIpc) is 2.94. The van der Waals surface area contributed by atoms with E-state index in [1.165, 1.54) is 18.6 Å². The van der Waals surface area contributed by atoms with E-state index in [1.807, 2.05) is 18.7 Å². The quantitative estimate of drug-likeness (QED) is 0.811. The minimum absolute atomic E-state index is 0.0885. The van der Waals surface area contributed by atoms with E-state index in [9.17, 15) is 9.18 Å². The molecule has 1 aromatic heterocycles. The molecule has 1 saturated carbocycles. The van der Waals surface area contributed by atoms with Crippen molar-refractivity contribution in [2.45, 2.75) is 65.0 Å². The largest absolute Gasteiger partial charge is 0.361 e. The van der Waals surface area contributed by atoms with Crippen LogP contribution in [0, 0.1) is 19.7 Å². The molecule has 0 saturated heterocycles. The van der Waals surface area contributed by atoms with Crippen LogP contribution in [0.5, 0.6) is 0 Å². The van der Waals surface area contributed by atoms with Gasteiger partial charge in [-0.25, -0.2) is 4.39 Å².